The monoisotopic (exact) mass is 402 g/mol. The summed E-state index contributed by atoms with van der Waals surface area (Å²) in [5, 5.41) is 0. The SMILES string of the molecule is O=C1c2ccccc2OCN1[C@H]1CC=C[C@@H](c2ccccc2)N(C2CCCC2)C1=O. The molecule has 0 N–H and O–H groups in total. The number of fused-ring (bicyclic) bond motifs is 1. The Morgan fingerprint density at radius 1 is 0.900 bits per heavy atom. The van der Waals surface area contributed by atoms with E-state index in [1.165, 1.54) is 0 Å². The van der Waals surface area contributed by atoms with Gasteiger partial charge in [0.05, 0.1) is 11.6 Å². The molecule has 0 spiro atoms. The van der Waals surface area contributed by atoms with E-state index in [1.807, 2.05) is 35.2 Å². The van der Waals surface area contributed by atoms with Crippen LogP contribution in [0.5, 0.6) is 5.75 Å². The third-order valence-electron chi connectivity index (χ3n) is 6.49. The van der Waals surface area contributed by atoms with Crippen molar-refractivity contribution in [3.8, 4) is 5.75 Å². The van der Waals surface area contributed by atoms with Crippen LogP contribution in [0.1, 0.15) is 54.1 Å². The molecule has 0 radical (unpaired) electrons. The number of rotatable bonds is 3. The van der Waals surface area contributed by atoms with Gasteiger partial charge in [0.2, 0.25) is 5.91 Å². The van der Waals surface area contributed by atoms with Crippen LogP contribution >= 0.6 is 0 Å². The van der Waals surface area contributed by atoms with Crippen molar-refractivity contribution in [3.05, 3.63) is 77.9 Å². The number of hydrogen-bond acceptors (Lipinski definition) is 3. The lowest BCUT2D eigenvalue weighted by molar-refractivity contribution is -0.141. The molecule has 154 valence electrons. The highest BCUT2D eigenvalue weighted by Gasteiger charge is 2.42. The van der Waals surface area contributed by atoms with Crippen LogP contribution in [0.25, 0.3) is 0 Å². The first-order chi connectivity index (χ1) is 14.7. The highest BCUT2D eigenvalue weighted by atomic mass is 16.5. The number of ether oxygens (including phenoxy) is 1. The van der Waals surface area contributed by atoms with Crippen molar-refractivity contribution >= 4 is 11.8 Å². The van der Waals surface area contributed by atoms with Crippen molar-refractivity contribution in [2.24, 2.45) is 0 Å². The molecule has 0 unspecified atom stereocenters. The van der Waals surface area contributed by atoms with Gasteiger partial charge < -0.3 is 9.64 Å². The summed E-state index contributed by atoms with van der Waals surface area (Å²) in [6.07, 6.45) is 9.01. The first-order valence-electron chi connectivity index (χ1n) is 10.8. The largest absolute Gasteiger partial charge is 0.472 e. The minimum atomic E-state index is -0.545. The molecule has 1 saturated carbocycles. The molecule has 2 amide bonds. The fraction of sp³-hybridized carbons (Fsp3) is 0.360. The van der Waals surface area contributed by atoms with E-state index in [2.05, 4.69) is 24.3 Å². The summed E-state index contributed by atoms with van der Waals surface area (Å²) in [6.45, 7) is 0.106. The zero-order chi connectivity index (χ0) is 20.5. The number of hydrogen-bond donors (Lipinski definition) is 0. The Morgan fingerprint density at radius 3 is 2.43 bits per heavy atom. The van der Waals surface area contributed by atoms with E-state index in [9.17, 15) is 9.59 Å². The summed E-state index contributed by atoms with van der Waals surface area (Å²) in [7, 11) is 0. The molecule has 3 aliphatic rings. The van der Waals surface area contributed by atoms with E-state index in [4.69, 9.17) is 4.74 Å². The van der Waals surface area contributed by atoms with E-state index >= 15 is 0 Å². The summed E-state index contributed by atoms with van der Waals surface area (Å²) in [5.74, 6) is 0.482. The molecule has 30 heavy (non-hydrogen) atoms. The van der Waals surface area contributed by atoms with Gasteiger partial charge in [-0.2, -0.15) is 0 Å². The molecule has 1 fully saturated rings. The van der Waals surface area contributed by atoms with E-state index in [-0.39, 0.29) is 30.6 Å². The molecule has 2 aromatic carbocycles. The second-order valence-corrected chi connectivity index (χ2v) is 8.26. The van der Waals surface area contributed by atoms with Crippen LogP contribution in [0.2, 0.25) is 0 Å². The molecule has 0 aromatic heterocycles. The number of para-hydroxylation sites is 1. The third kappa shape index (κ3) is 3.28. The predicted molar refractivity (Wildman–Crippen MR) is 114 cm³/mol. The van der Waals surface area contributed by atoms with Crippen LogP contribution in [0.4, 0.5) is 0 Å². The van der Waals surface area contributed by atoms with Crippen LogP contribution in [-0.2, 0) is 4.79 Å². The number of amides is 2. The Labute approximate surface area is 176 Å². The van der Waals surface area contributed by atoms with Crippen molar-refractivity contribution in [1.29, 1.82) is 0 Å². The molecule has 0 saturated heterocycles. The molecule has 0 bridgehead atoms. The first-order valence-corrected chi connectivity index (χ1v) is 10.8. The maximum Gasteiger partial charge on any atom is 0.260 e. The molecule has 5 rings (SSSR count). The second kappa shape index (κ2) is 7.98. The lowest BCUT2D eigenvalue weighted by Crippen LogP contribution is -2.55. The molecule has 2 aromatic rings. The van der Waals surface area contributed by atoms with Crippen molar-refractivity contribution < 1.29 is 14.3 Å². The number of carbonyl (C=O) groups excluding carboxylic acids is 2. The summed E-state index contributed by atoms with van der Waals surface area (Å²) in [4.78, 5) is 30.8. The van der Waals surface area contributed by atoms with Gasteiger partial charge in [-0.05, 0) is 37.0 Å². The normalized spacial score (nSPS) is 24.5. The van der Waals surface area contributed by atoms with E-state index < -0.39 is 6.04 Å². The van der Waals surface area contributed by atoms with Crippen LogP contribution in [-0.4, -0.2) is 40.4 Å². The van der Waals surface area contributed by atoms with Crippen LogP contribution in [0, 0.1) is 0 Å². The van der Waals surface area contributed by atoms with Crippen molar-refractivity contribution in [2.45, 2.75) is 50.2 Å². The molecule has 1 aliphatic carbocycles. The van der Waals surface area contributed by atoms with Gasteiger partial charge in [-0.1, -0.05) is 67.5 Å². The zero-order valence-corrected chi connectivity index (χ0v) is 16.9. The van der Waals surface area contributed by atoms with Crippen LogP contribution in [0.3, 0.4) is 0 Å². The van der Waals surface area contributed by atoms with Gasteiger partial charge in [-0.25, -0.2) is 0 Å². The Bertz CT molecular complexity index is 965. The maximum atomic E-state index is 13.9. The molecule has 5 heteroatoms. The van der Waals surface area contributed by atoms with Gasteiger partial charge in [-0.3, -0.25) is 14.5 Å². The van der Waals surface area contributed by atoms with Gasteiger partial charge in [0, 0.05) is 6.04 Å². The fourth-order valence-corrected chi connectivity index (χ4v) is 4.96. The standard InChI is InChI=1S/C25H26N2O3/c28-24-20-13-6-7-16-23(20)30-17-26(24)22-15-8-14-21(18-9-2-1-3-10-18)27(25(22)29)19-11-4-5-12-19/h1-3,6-10,13-14,16,19,21-22H,4-5,11-12,15,17H2/t21-,22-/m0/s1. The predicted octanol–water partition coefficient (Wildman–Crippen LogP) is 4.32. The van der Waals surface area contributed by atoms with Gasteiger partial charge >= 0.3 is 0 Å². The fourth-order valence-electron chi connectivity index (χ4n) is 4.96. The molecule has 5 nitrogen and oxygen atoms in total. The Hall–Kier alpha value is -3.08. The smallest absolute Gasteiger partial charge is 0.260 e. The van der Waals surface area contributed by atoms with Gasteiger partial charge in [0.1, 0.15) is 11.8 Å². The molecular weight excluding hydrogens is 376 g/mol. The minimum Gasteiger partial charge on any atom is -0.472 e. The van der Waals surface area contributed by atoms with Crippen LogP contribution < -0.4 is 4.74 Å². The Kier molecular flexibility index (Phi) is 5.03. The van der Waals surface area contributed by atoms with Gasteiger partial charge in [-0.15, -0.1) is 0 Å². The van der Waals surface area contributed by atoms with Crippen molar-refractivity contribution in [1.82, 2.24) is 9.80 Å². The second-order valence-electron chi connectivity index (χ2n) is 8.26. The lowest BCUT2D eigenvalue weighted by atomic mass is 10.0. The molecule has 2 atom stereocenters. The van der Waals surface area contributed by atoms with Crippen LogP contribution in [0.15, 0.2) is 66.7 Å². The average Bonchev–Trinajstić information content (AvgIpc) is 3.26. The van der Waals surface area contributed by atoms with Crippen molar-refractivity contribution in [3.63, 3.8) is 0 Å². The molecule has 2 aliphatic heterocycles. The van der Waals surface area contributed by atoms with Gasteiger partial charge in [0.15, 0.2) is 6.73 Å². The Morgan fingerprint density at radius 2 is 1.63 bits per heavy atom. The third-order valence-corrected chi connectivity index (χ3v) is 6.49. The van der Waals surface area contributed by atoms with E-state index in [0.29, 0.717) is 17.7 Å². The quantitative estimate of drug-likeness (QED) is 0.719. The molecular formula is C25H26N2O3. The van der Waals surface area contributed by atoms with E-state index in [0.717, 1.165) is 31.2 Å². The highest BCUT2D eigenvalue weighted by molar-refractivity contribution is 6.00. The van der Waals surface area contributed by atoms with E-state index in [1.54, 1.807) is 17.0 Å². The zero-order valence-electron chi connectivity index (χ0n) is 16.9. The van der Waals surface area contributed by atoms with Gasteiger partial charge in [0.25, 0.3) is 5.91 Å². The summed E-state index contributed by atoms with van der Waals surface area (Å²) in [6, 6.07) is 17.0. The topological polar surface area (TPSA) is 49.9 Å². The minimum absolute atomic E-state index is 0.0251. The number of carbonyl (C=O) groups is 2. The summed E-state index contributed by atoms with van der Waals surface area (Å²) in [5.41, 5.74) is 1.64. The molecule has 2 heterocycles. The summed E-state index contributed by atoms with van der Waals surface area (Å²) < 4.78 is 5.83. The first kappa shape index (κ1) is 18.9. The number of nitrogens with zero attached hydrogens (tertiary/aromatic N) is 2. The summed E-state index contributed by atoms with van der Waals surface area (Å²) >= 11 is 0. The average molecular weight is 402 g/mol. The lowest BCUT2D eigenvalue weighted by Gasteiger charge is -2.40. The number of benzene rings is 2. The Balaban J connectivity index is 1.49. The van der Waals surface area contributed by atoms with Crippen molar-refractivity contribution in [2.75, 3.05) is 6.73 Å². The highest BCUT2D eigenvalue weighted by Crippen LogP contribution is 2.36. The maximum absolute atomic E-state index is 13.9.